The number of methoxy groups -OCH3 is 1. The van der Waals surface area contributed by atoms with E-state index in [9.17, 15) is 29.0 Å². The fraction of sp³-hybridized carbons (Fsp3) is 0.414. The summed E-state index contributed by atoms with van der Waals surface area (Å²) in [6, 6.07) is 8.07. The highest BCUT2D eigenvalue weighted by Gasteiger charge is 2.52. The van der Waals surface area contributed by atoms with Crippen LogP contribution in [-0.4, -0.2) is 84.9 Å². The summed E-state index contributed by atoms with van der Waals surface area (Å²) in [5.41, 5.74) is 1.21. The number of rotatable bonds is 9. The zero-order valence-corrected chi connectivity index (χ0v) is 21.9. The molecule has 3 N–H and O–H groups in total. The first-order valence-electron chi connectivity index (χ1n) is 13.1. The number of carbonyl (C=O) groups is 3. The molecule has 11 heteroatoms. The van der Waals surface area contributed by atoms with Crippen molar-refractivity contribution in [1.29, 1.82) is 0 Å². The molecule has 2 amide bonds. The molecule has 0 aromatic heterocycles. The van der Waals surface area contributed by atoms with E-state index in [4.69, 9.17) is 14.2 Å². The molecule has 2 aromatic carbocycles. The summed E-state index contributed by atoms with van der Waals surface area (Å²) >= 11 is 0. The standard InChI is InChI=1S/C29H31FN2O8/c1-38-23-11-16(14-34)10-19-24-20(28(36)31-7-8-33)12-22(25(35)27(24)40-26(19)23)32(29(37)18-6-9-39-15-18)13-17-4-2-3-5-21(17)30/h2-5,10-12,14,18,22,24-25,27,33,35H,6-9,13,15H2,1H3,(H,31,36)/t18?,22-,24+,25+,27+/m1/s1. The Morgan fingerprint density at radius 2 is 2.08 bits per heavy atom. The SMILES string of the molecule is COc1cc(C=O)cc2c1O[C@@H]1[C@@H](O)[C@H](N(Cc3ccccc3F)C(=O)C3CCOC3)C=C(C(=O)NCCO)[C@H]21. The van der Waals surface area contributed by atoms with Crippen LogP contribution in [-0.2, 0) is 20.9 Å². The Balaban J connectivity index is 1.61. The quantitative estimate of drug-likeness (QED) is 0.396. The van der Waals surface area contributed by atoms with Crippen LogP contribution in [0.5, 0.6) is 11.5 Å². The topological polar surface area (TPSA) is 135 Å². The molecule has 1 saturated heterocycles. The normalized spacial score (nSPS) is 24.8. The van der Waals surface area contributed by atoms with Crippen LogP contribution in [0.15, 0.2) is 48.0 Å². The van der Waals surface area contributed by atoms with E-state index in [1.54, 1.807) is 24.3 Å². The lowest BCUT2D eigenvalue weighted by molar-refractivity contribution is -0.142. The third-order valence-corrected chi connectivity index (χ3v) is 7.63. The molecule has 40 heavy (non-hydrogen) atoms. The molecule has 0 bridgehead atoms. The fourth-order valence-electron chi connectivity index (χ4n) is 5.66. The van der Waals surface area contributed by atoms with E-state index >= 15 is 0 Å². The van der Waals surface area contributed by atoms with Gasteiger partial charge in [-0.2, -0.15) is 0 Å². The van der Waals surface area contributed by atoms with Crippen molar-refractivity contribution in [2.24, 2.45) is 5.92 Å². The van der Waals surface area contributed by atoms with Gasteiger partial charge in [0.1, 0.15) is 24.3 Å². The van der Waals surface area contributed by atoms with Crippen LogP contribution in [0.4, 0.5) is 4.39 Å². The number of hydrogen-bond donors (Lipinski definition) is 3. The van der Waals surface area contributed by atoms with Crippen molar-refractivity contribution < 1.29 is 43.2 Å². The molecule has 5 atom stereocenters. The van der Waals surface area contributed by atoms with Gasteiger partial charge in [-0.3, -0.25) is 14.4 Å². The maximum Gasteiger partial charge on any atom is 0.247 e. The van der Waals surface area contributed by atoms with Crippen molar-refractivity contribution in [1.82, 2.24) is 10.2 Å². The van der Waals surface area contributed by atoms with E-state index in [1.807, 2.05) is 0 Å². The minimum absolute atomic E-state index is 0.0243. The lowest BCUT2D eigenvalue weighted by Gasteiger charge is -2.41. The minimum atomic E-state index is -1.32. The molecule has 0 spiro atoms. The number of carbonyl (C=O) groups excluding carboxylic acids is 3. The average molecular weight is 555 g/mol. The van der Waals surface area contributed by atoms with Gasteiger partial charge in [0.05, 0.1) is 38.2 Å². The second-order valence-corrected chi connectivity index (χ2v) is 10.0. The Labute approximate surface area is 230 Å². The van der Waals surface area contributed by atoms with Gasteiger partial charge in [-0.15, -0.1) is 0 Å². The van der Waals surface area contributed by atoms with Crippen LogP contribution < -0.4 is 14.8 Å². The van der Waals surface area contributed by atoms with E-state index in [0.29, 0.717) is 30.4 Å². The summed E-state index contributed by atoms with van der Waals surface area (Å²) in [6.07, 6.45) is 0.279. The number of benzene rings is 2. The highest BCUT2D eigenvalue weighted by Crippen LogP contribution is 2.51. The molecule has 2 aliphatic heterocycles. The smallest absolute Gasteiger partial charge is 0.247 e. The predicted octanol–water partition coefficient (Wildman–Crippen LogP) is 1.33. The van der Waals surface area contributed by atoms with Crippen molar-refractivity contribution in [3.63, 3.8) is 0 Å². The van der Waals surface area contributed by atoms with E-state index < -0.39 is 41.8 Å². The van der Waals surface area contributed by atoms with E-state index in [1.165, 1.54) is 30.2 Å². The van der Waals surface area contributed by atoms with Crippen molar-refractivity contribution in [2.75, 3.05) is 33.5 Å². The first kappa shape index (κ1) is 27.8. The number of nitrogens with one attached hydrogen (secondary N) is 1. The van der Waals surface area contributed by atoms with Gasteiger partial charge in [0, 0.05) is 42.0 Å². The number of amides is 2. The lowest BCUT2D eigenvalue weighted by Crippen LogP contribution is -2.56. The summed E-state index contributed by atoms with van der Waals surface area (Å²) in [6.45, 7) is 0.125. The molecule has 1 aliphatic carbocycles. The summed E-state index contributed by atoms with van der Waals surface area (Å²) in [7, 11) is 1.41. The number of aliphatic hydroxyl groups excluding tert-OH is 2. The van der Waals surface area contributed by atoms with Crippen molar-refractivity contribution in [2.45, 2.75) is 37.1 Å². The van der Waals surface area contributed by atoms with Crippen LogP contribution in [0.3, 0.4) is 0 Å². The summed E-state index contributed by atoms with van der Waals surface area (Å²) in [5.74, 6) is -2.13. The van der Waals surface area contributed by atoms with Gasteiger partial charge in [-0.25, -0.2) is 4.39 Å². The number of ether oxygens (including phenoxy) is 3. The maximum atomic E-state index is 14.8. The summed E-state index contributed by atoms with van der Waals surface area (Å²) in [5, 5.41) is 23.7. The maximum absolute atomic E-state index is 14.8. The van der Waals surface area contributed by atoms with E-state index in [2.05, 4.69) is 5.32 Å². The van der Waals surface area contributed by atoms with Gasteiger partial charge >= 0.3 is 0 Å². The zero-order valence-electron chi connectivity index (χ0n) is 21.9. The number of halogens is 1. The highest BCUT2D eigenvalue weighted by atomic mass is 19.1. The monoisotopic (exact) mass is 554 g/mol. The van der Waals surface area contributed by atoms with Gasteiger partial charge < -0.3 is 34.6 Å². The predicted molar refractivity (Wildman–Crippen MR) is 139 cm³/mol. The van der Waals surface area contributed by atoms with Crippen LogP contribution >= 0.6 is 0 Å². The Morgan fingerprint density at radius 3 is 2.75 bits per heavy atom. The molecule has 5 rings (SSSR count). The molecule has 1 fully saturated rings. The molecule has 1 unspecified atom stereocenters. The van der Waals surface area contributed by atoms with E-state index in [-0.39, 0.29) is 54.8 Å². The average Bonchev–Trinajstić information content (AvgIpc) is 3.64. The third-order valence-electron chi connectivity index (χ3n) is 7.63. The third kappa shape index (κ3) is 5.07. The Bertz CT molecular complexity index is 1330. The summed E-state index contributed by atoms with van der Waals surface area (Å²) in [4.78, 5) is 40.2. The number of aldehydes is 1. The molecule has 0 radical (unpaired) electrons. The molecule has 2 aromatic rings. The van der Waals surface area contributed by atoms with Crippen molar-refractivity contribution in [3.05, 3.63) is 70.6 Å². The molecule has 0 saturated carbocycles. The fourth-order valence-corrected chi connectivity index (χ4v) is 5.66. The number of nitrogens with zero attached hydrogens (tertiary/aromatic N) is 1. The second-order valence-electron chi connectivity index (χ2n) is 10.0. The molecule has 2 heterocycles. The summed E-state index contributed by atoms with van der Waals surface area (Å²) < 4.78 is 31.8. The van der Waals surface area contributed by atoms with Crippen molar-refractivity contribution in [3.8, 4) is 11.5 Å². The Kier molecular flexibility index (Phi) is 8.15. The van der Waals surface area contributed by atoms with Crippen LogP contribution in [0.1, 0.15) is 33.8 Å². The van der Waals surface area contributed by atoms with Crippen molar-refractivity contribution >= 4 is 18.1 Å². The van der Waals surface area contributed by atoms with Gasteiger partial charge in [-0.1, -0.05) is 18.2 Å². The number of aliphatic hydroxyl groups is 2. The minimum Gasteiger partial charge on any atom is -0.493 e. The van der Waals surface area contributed by atoms with Gasteiger partial charge in [-0.05, 0) is 30.7 Å². The van der Waals surface area contributed by atoms with Crippen LogP contribution in [0.25, 0.3) is 0 Å². The van der Waals surface area contributed by atoms with Gasteiger partial charge in [0.15, 0.2) is 11.5 Å². The first-order valence-corrected chi connectivity index (χ1v) is 13.1. The van der Waals surface area contributed by atoms with Crippen LogP contribution in [0.2, 0.25) is 0 Å². The Hall–Kier alpha value is -3.80. The van der Waals surface area contributed by atoms with Gasteiger partial charge in [0.2, 0.25) is 11.8 Å². The number of hydrogen-bond acceptors (Lipinski definition) is 8. The van der Waals surface area contributed by atoms with Crippen LogP contribution in [0, 0.1) is 11.7 Å². The van der Waals surface area contributed by atoms with Gasteiger partial charge in [0.25, 0.3) is 0 Å². The molecular weight excluding hydrogens is 523 g/mol. The molecule has 212 valence electrons. The zero-order chi connectivity index (χ0) is 28.4. The highest BCUT2D eigenvalue weighted by molar-refractivity contribution is 5.96. The van der Waals surface area contributed by atoms with E-state index in [0.717, 1.165) is 0 Å². The first-order chi connectivity index (χ1) is 19.4. The largest absolute Gasteiger partial charge is 0.493 e. The second kappa shape index (κ2) is 11.7. The molecule has 10 nitrogen and oxygen atoms in total. The Morgan fingerprint density at radius 1 is 1.27 bits per heavy atom. The molecular formula is C29H31FN2O8. The number of fused-ring (bicyclic) bond motifs is 3. The molecule has 3 aliphatic rings. The lowest BCUT2D eigenvalue weighted by atomic mass is 9.77.